The van der Waals surface area contributed by atoms with Crippen LogP contribution in [0.15, 0.2) is 36.7 Å². The Hall–Kier alpha value is -2.54. The zero-order valence-corrected chi connectivity index (χ0v) is 12.0. The third-order valence-corrected chi connectivity index (χ3v) is 2.93. The molecule has 0 aliphatic heterocycles. The summed E-state index contributed by atoms with van der Waals surface area (Å²) in [7, 11) is 1.43. The van der Waals surface area contributed by atoms with E-state index in [9.17, 15) is 9.59 Å². The van der Waals surface area contributed by atoms with Crippen LogP contribution in [0.2, 0.25) is 5.02 Å². The van der Waals surface area contributed by atoms with Crippen molar-refractivity contribution in [2.45, 2.75) is 0 Å². The number of halogens is 1. The van der Waals surface area contributed by atoms with Crippen molar-refractivity contribution in [3.8, 4) is 5.69 Å². The minimum Gasteiger partial charge on any atom is -0.376 e. The molecule has 0 atom stereocenters. The molecule has 0 unspecified atom stereocenters. The number of hydrogen-bond acceptors (Lipinski definition) is 4. The van der Waals surface area contributed by atoms with Crippen LogP contribution in [0, 0.1) is 0 Å². The van der Waals surface area contributed by atoms with Gasteiger partial charge in [0.25, 0.3) is 0 Å². The van der Waals surface area contributed by atoms with Crippen molar-refractivity contribution in [2.24, 2.45) is 0 Å². The lowest BCUT2D eigenvalue weighted by Crippen LogP contribution is -2.40. The summed E-state index contributed by atoms with van der Waals surface area (Å²) >= 11 is 6.18. The van der Waals surface area contributed by atoms with Gasteiger partial charge in [-0.1, -0.05) is 11.6 Å². The fourth-order valence-electron chi connectivity index (χ4n) is 1.63. The average molecular weight is 308 g/mol. The first-order valence-electron chi connectivity index (χ1n) is 6.15. The van der Waals surface area contributed by atoms with E-state index in [1.54, 1.807) is 41.3 Å². The lowest BCUT2D eigenvalue weighted by molar-refractivity contribution is -0.118. The summed E-state index contributed by atoms with van der Waals surface area (Å²) in [5, 5.41) is 11.9. The molecule has 7 nitrogen and oxygen atoms in total. The number of rotatable bonds is 4. The van der Waals surface area contributed by atoms with Crippen molar-refractivity contribution in [3.05, 3.63) is 41.7 Å². The Bertz CT molecular complexity index is 642. The van der Waals surface area contributed by atoms with Crippen LogP contribution in [-0.2, 0) is 4.79 Å². The zero-order chi connectivity index (χ0) is 15.2. The van der Waals surface area contributed by atoms with Crippen LogP contribution in [0.5, 0.6) is 0 Å². The number of amides is 3. The van der Waals surface area contributed by atoms with E-state index in [0.29, 0.717) is 10.7 Å². The Morgan fingerprint density at radius 3 is 2.81 bits per heavy atom. The fourth-order valence-corrected chi connectivity index (χ4v) is 1.90. The van der Waals surface area contributed by atoms with Gasteiger partial charge in [0.15, 0.2) is 0 Å². The molecule has 3 amide bonds. The Morgan fingerprint density at radius 1 is 1.38 bits per heavy atom. The van der Waals surface area contributed by atoms with Gasteiger partial charge in [-0.05, 0) is 24.3 Å². The van der Waals surface area contributed by atoms with E-state index in [1.807, 2.05) is 0 Å². The van der Waals surface area contributed by atoms with Gasteiger partial charge in [-0.15, -0.1) is 0 Å². The molecule has 110 valence electrons. The normalized spacial score (nSPS) is 10.0. The second-order valence-electron chi connectivity index (χ2n) is 4.10. The Labute approximate surface area is 126 Å². The summed E-state index contributed by atoms with van der Waals surface area (Å²) in [6.45, 7) is -0.0368. The smallest absolute Gasteiger partial charge is 0.321 e. The number of nitrogens with zero attached hydrogens (tertiary/aromatic N) is 2. The maximum Gasteiger partial charge on any atom is 0.321 e. The van der Waals surface area contributed by atoms with Gasteiger partial charge in [0, 0.05) is 25.1 Å². The molecule has 2 rings (SSSR count). The predicted octanol–water partition coefficient (Wildman–Crippen LogP) is 1.39. The Morgan fingerprint density at radius 2 is 2.19 bits per heavy atom. The second kappa shape index (κ2) is 6.76. The van der Waals surface area contributed by atoms with Gasteiger partial charge in [0.1, 0.15) is 0 Å². The molecule has 0 bridgehead atoms. The molecule has 0 saturated heterocycles. The number of imide groups is 1. The lowest BCUT2D eigenvalue weighted by Gasteiger charge is -2.09. The molecule has 8 heteroatoms. The maximum atomic E-state index is 11.4. The predicted molar refractivity (Wildman–Crippen MR) is 79.7 cm³/mol. The Kier molecular flexibility index (Phi) is 4.78. The molecule has 0 aliphatic carbocycles. The van der Waals surface area contributed by atoms with Crippen LogP contribution >= 0.6 is 11.6 Å². The third kappa shape index (κ3) is 3.96. The molecule has 1 heterocycles. The van der Waals surface area contributed by atoms with Gasteiger partial charge in [-0.25, -0.2) is 9.48 Å². The van der Waals surface area contributed by atoms with Gasteiger partial charge in [0.2, 0.25) is 5.91 Å². The number of carbonyl (C=O) groups excluding carboxylic acids is 2. The third-order valence-electron chi connectivity index (χ3n) is 2.63. The van der Waals surface area contributed by atoms with Crippen molar-refractivity contribution in [1.29, 1.82) is 0 Å². The summed E-state index contributed by atoms with van der Waals surface area (Å²) in [4.78, 5) is 22.4. The first-order valence-corrected chi connectivity index (χ1v) is 6.53. The van der Waals surface area contributed by atoms with Gasteiger partial charge < -0.3 is 10.6 Å². The number of carbonyl (C=O) groups is 2. The van der Waals surface area contributed by atoms with Crippen LogP contribution in [0.25, 0.3) is 5.69 Å². The number of urea groups is 1. The highest BCUT2D eigenvalue weighted by Crippen LogP contribution is 2.23. The van der Waals surface area contributed by atoms with E-state index in [4.69, 9.17) is 11.6 Å². The van der Waals surface area contributed by atoms with E-state index >= 15 is 0 Å². The quantitative estimate of drug-likeness (QED) is 0.796. The van der Waals surface area contributed by atoms with Crippen LogP contribution in [0.3, 0.4) is 0 Å². The second-order valence-corrected chi connectivity index (χ2v) is 4.50. The first kappa shape index (κ1) is 14.9. The van der Waals surface area contributed by atoms with Crippen LogP contribution in [-0.4, -0.2) is 35.3 Å². The summed E-state index contributed by atoms with van der Waals surface area (Å²) in [5.41, 5.74) is 1.41. The van der Waals surface area contributed by atoms with E-state index in [-0.39, 0.29) is 6.54 Å². The highest BCUT2D eigenvalue weighted by molar-refractivity contribution is 6.32. The minimum absolute atomic E-state index is 0.0368. The molecular weight excluding hydrogens is 294 g/mol. The minimum atomic E-state index is -0.547. The molecular formula is C13H14ClN5O2. The van der Waals surface area contributed by atoms with Crippen molar-refractivity contribution < 1.29 is 9.59 Å². The van der Waals surface area contributed by atoms with Gasteiger partial charge >= 0.3 is 6.03 Å². The molecule has 0 radical (unpaired) electrons. The molecule has 0 saturated carbocycles. The van der Waals surface area contributed by atoms with Gasteiger partial charge in [-0.2, -0.15) is 5.10 Å². The van der Waals surface area contributed by atoms with Crippen LogP contribution in [0.4, 0.5) is 10.5 Å². The summed E-state index contributed by atoms with van der Waals surface area (Å²) in [6, 6.07) is 6.50. The number of hydrogen-bond donors (Lipinski definition) is 3. The molecule has 0 spiro atoms. The van der Waals surface area contributed by atoms with E-state index in [1.165, 1.54) is 7.05 Å². The Balaban J connectivity index is 1.98. The number of anilines is 1. The number of aromatic nitrogens is 2. The molecule has 21 heavy (non-hydrogen) atoms. The SMILES string of the molecule is CNC(=O)NC(=O)CNc1ccc(-n2cccn2)c(Cl)c1. The lowest BCUT2D eigenvalue weighted by atomic mass is 10.2. The summed E-state index contributed by atoms with van der Waals surface area (Å²) in [5.74, 6) is -0.443. The maximum absolute atomic E-state index is 11.4. The number of nitrogens with one attached hydrogen (secondary N) is 3. The van der Waals surface area contributed by atoms with Gasteiger partial charge in [0.05, 0.1) is 17.3 Å². The van der Waals surface area contributed by atoms with Crippen LogP contribution < -0.4 is 16.0 Å². The largest absolute Gasteiger partial charge is 0.376 e. The highest BCUT2D eigenvalue weighted by atomic mass is 35.5. The zero-order valence-electron chi connectivity index (χ0n) is 11.3. The fraction of sp³-hybridized carbons (Fsp3) is 0.154. The summed E-state index contributed by atoms with van der Waals surface area (Å²) in [6.07, 6.45) is 3.44. The number of benzene rings is 1. The summed E-state index contributed by atoms with van der Waals surface area (Å²) < 4.78 is 1.64. The molecule has 3 N–H and O–H groups in total. The molecule has 0 aliphatic rings. The average Bonchev–Trinajstić information content (AvgIpc) is 2.99. The molecule has 0 fully saturated rings. The highest BCUT2D eigenvalue weighted by Gasteiger charge is 2.07. The van der Waals surface area contributed by atoms with Crippen LogP contribution in [0.1, 0.15) is 0 Å². The molecule has 1 aromatic heterocycles. The van der Waals surface area contributed by atoms with Gasteiger partial charge in [-0.3, -0.25) is 10.1 Å². The standard InChI is InChI=1S/C13H14ClN5O2/c1-15-13(21)18-12(20)8-16-9-3-4-11(10(14)7-9)19-6-2-5-17-19/h2-7,16H,8H2,1H3,(H2,15,18,20,21). The van der Waals surface area contributed by atoms with E-state index in [2.05, 4.69) is 21.0 Å². The van der Waals surface area contributed by atoms with Crippen molar-refractivity contribution in [1.82, 2.24) is 20.4 Å². The van der Waals surface area contributed by atoms with E-state index < -0.39 is 11.9 Å². The van der Waals surface area contributed by atoms with Crippen molar-refractivity contribution in [3.63, 3.8) is 0 Å². The topological polar surface area (TPSA) is 88.0 Å². The molecule has 1 aromatic carbocycles. The van der Waals surface area contributed by atoms with Crippen molar-refractivity contribution in [2.75, 3.05) is 18.9 Å². The molecule has 2 aromatic rings. The van der Waals surface area contributed by atoms with Crippen molar-refractivity contribution >= 4 is 29.2 Å². The monoisotopic (exact) mass is 307 g/mol. The first-order chi connectivity index (χ1) is 10.1. The van der Waals surface area contributed by atoms with E-state index in [0.717, 1.165) is 5.69 Å².